The van der Waals surface area contributed by atoms with Crippen LogP contribution >= 0.6 is 0 Å². The quantitative estimate of drug-likeness (QED) is 0.280. The molecule has 1 aliphatic heterocycles. The highest BCUT2D eigenvalue weighted by Crippen LogP contribution is 2.12. The van der Waals surface area contributed by atoms with Crippen LogP contribution in [0.3, 0.4) is 0 Å². The second kappa shape index (κ2) is 20.9. The van der Waals surface area contributed by atoms with Gasteiger partial charge in [-0.1, -0.05) is 12.1 Å². The maximum atomic E-state index is 13.0. The Balaban J connectivity index is 2.96. The molecule has 0 aliphatic carbocycles. The molecule has 2 amide bonds. The summed E-state index contributed by atoms with van der Waals surface area (Å²) >= 11 is 0. The summed E-state index contributed by atoms with van der Waals surface area (Å²) in [6, 6.07) is 1.31. The van der Waals surface area contributed by atoms with Gasteiger partial charge in [-0.3, -0.25) is 9.59 Å². The highest BCUT2D eigenvalue weighted by atomic mass is 28.1. The highest BCUT2D eigenvalue weighted by molar-refractivity contribution is 6.08. The van der Waals surface area contributed by atoms with Gasteiger partial charge in [-0.25, -0.2) is 9.59 Å². The Bertz CT molecular complexity index is 716. The van der Waals surface area contributed by atoms with Crippen molar-refractivity contribution < 1.29 is 57.8 Å². The first-order chi connectivity index (χ1) is 19.1. The summed E-state index contributed by atoms with van der Waals surface area (Å²) in [5, 5.41) is 19.5. The molecule has 1 saturated heterocycles. The molecule has 14 nitrogen and oxygen atoms in total. The van der Waals surface area contributed by atoms with Gasteiger partial charge in [-0.15, -0.1) is 0 Å². The second-order valence-corrected chi connectivity index (χ2v) is 9.79. The van der Waals surface area contributed by atoms with E-state index in [9.17, 15) is 29.4 Å². The molecule has 226 valence electrons. The topological polar surface area (TPSA) is 171 Å². The van der Waals surface area contributed by atoms with Gasteiger partial charge < -0.3 is 48.4 Å². The first-order valence-electron chi connectivity index (χ1n) is 13.0. The monoisotopic (exact) mass is 604 g/mol. The van der Waals surface area contributed by atoms with E-state index in [1.165, 1.54) is 9.80 Å². The minimum absolute atomic E-state index is 0.0425. The highest BCUT2D eigenvalue weighted by Gasteiger charge is 2.38. The molecule has 0 bridgehead atoms. The summed E-state index contributed by atoms with van der Waals surface area (Å²) in [6.07, 6.45) is -4.73. The van der Waals surface area contributed by atoms with E-state index in [0.29, 0.717) is 38.0 Å². The minimum atomic E-state index is -1.59. The number of hydrogen-bond acceptors (Lipinski definition) is 10. The fourth-order valence-corrected chi connectivity index (χ4v) is 3.90. The lowest BCUT2D eigenvalue weighted by molar-refractivity contribution is -0.179. The van der Waals surface area contributed by atoms with E-state index in [0.717, 1.165) is 0 Å². The molecule has 4 atom stereocenters. The molecule has 16 heteroatoms. The summed E-state index contributed by atoms with van der Waals surface area (Å²) in [5.74, 6) is -3.85. The first-order valence-corrected chi connectivity index (χ1v) is 14.4. The standard InChI is InChI=1S/C24H40N2O12Si2/c1-25(5-3-15-39)21(27)17-19(23(29)30)37-13-9-34-8-12-36-18(22(28)26(2)6-4-16-40)20(24(31)32)38-14-10-33-7-11-35-17/h17-20H,3-16H2,1-2H3,(H,29,30)(H,31,32). The maximum Gasteiger partial charge on any atom is 0.336 e. The molecule has 40 heavy (non-hydrogen) atoms. The van der Waals surface area contributed by atoms with Crippen molar-refractivity contribution >= 4 is 44.2 Å². The van der Waals surface area contributed by atoms with Crippen LogP contribution in [-0.4, -0.2) is 169 Å². The number of carboxylic acids is 2. The lowest BCUT2D eigenvalue weighted by atomic mass is 10.1. The van der Waals surface area contributed by atoms with Gasteiger partial charge >= 0.3 is 11.9 Å². The Morgan fingerprint density at radius 2 is 0.900 bits per heavy atom. The van der Waals surface area contributed by atoms with Crippen molar-refractivity contribution in [3.63, 3.8) is 0 Å². The Kier molecular flexibility index (Phi) is 18.8. The number of carboxylic acid groups (broad SMARTS) is 2. The normalized spacial score (nSPS) is 24.3. The number of likely N-dealkylation sites (N-methyl/N-ethyl adjacent to an activating group) is 2. The van der Waals surface area contributed by atoms with Gasteiger partial charge in [0.2, 0.25) is 0 Å². The largest absolute Gasteiger partial charge is 0.479 e. The molecule has 1 heterocycles. The third-order valence-corrected chi connectivity index (χ3v) is 6.42. The molecule has 2 N–H and O–H groups in total. The Labute approximate surface area is 241 Å². The second-order valence-electron chi connectivity index (χ2n) is 8.79. The first kappa shape index (κ1) is 36.1. The number of ether oxygens (including phenoxy) is 6. The lowest BCUT2D eigenvalue weighted by Gasteiger charge is -2.29. The number of nitrogens with zero attached hydrogens (tertiary/aromatic N) is 2. The molecular weight excluding hydrogens is 564 g/mol. The molecule has 6 radical (unpaired) electrons. The van der Waals surface area contributed by atoms with Crippen LogP contribution in [0.15, 0.2) is 0 Å². The number of aliphatic carboxylic acids is 2. The van der Waals surface area contributed by atoms with Crippen molar-refractivity contribution in [2.24, 2.45) is 0 Å². The summed E-state index contributed by atoms with van der Waals surface area (Å²) in [6.45, 7) is -0.0745. The van der Waals surface area contributed by atoms with Gasteiger partial charge in [-0.2, -0.15) is 0 Å². The van der Waals surface area contributed by atoms with E-state index >= 15 is 0 Å². The van der Waals surface area contributed by atoms with E-state index in [-0.39, 0.29) is 52.9 Å². The van der Waals surface area contributed by atoms with Crippen LogP contribution in [-0.2, 0) is 47.6 Å². The predicted octanol–water partition coefficient (Wildman–Crippen LogP) is -1.39. The lowest BCUT2D eigenvalue weighted by Crippen LogP contribution is -2.50. The number of rotatable bonds is 10. The van der Waals surface area contributed by atoms with Gasteiger partial charge in [0.15, 0.2) is 24.4 Å². The SMILES string of the molecule is CN(CCC[Si])C(=O)C1OCCOCCOC(C(=O)O)C(C(=O)N(C)CCC[Si])OCCOCCOC1C(=O)O. The summed E-state index contributed by atoms with van der Waals surface area (Å²) < 4.78 is 33.0. The van der Waals surface area contributed by atoms with Gasteiger partial charge in [-0.05, 0) is 12.8 Å². The van der Waals surface area contributed by atoms with E-state index in [1.807, 2.05) is 0 Å². The zero-order valence-corrected chi connectivity index (χ0v) is 25.1. The molecule has 0 aromatic heterocycles. The smallest absolute Gasteiger partial charge is 0.336 e. The summed E-state index contributed by atoms with van der Waals surface area (Å²) in [7, 11) is 9.79. The molecule has 1 rings (SSSR count). The maximum absolute atomic E-state index is 13.0. The van der Waals surface area contributed by atoms with Crippen molar-refractivity contribution in [2.75, 3.05) is 80.0 Å². The molecule has 4 unspecified atom stereocenters. The summed E-state index contributed by atoms with van der Waals surface area (Å²) in [5.41, 5.74) is 0. The number of amides is 2. The Hall–Kier alpha value is -1.93. The molecular formula is C24H40N2O12Si2. The van der Waals surface area contributed by atoms with Crippen molar-refractivity contribution in [2.45, 2.75) is 49.3 Å². The van der Waals surface area contributed by atoms with E-state index < -0.39 is 48.2 Å². The average Bonchev–Trinajstić information content (AvgIpc) is 2.92. The number of carbonyl (C=O) groups excluding carboxylic acids is 2. The zero-order chi connectivity index (χ0) is 29.9. The predicted molar refractivity (Wildman–Crippen MR) is 141 cm³/mol. The van der Waals surface area contributed by atoms with Crippen molar-refractivity contribution in [1.29, 1.82) is 0 Å². The molecule has 0 aromatic carbocycles. The minimum Gasteiger partial charge on any atom is -0.479 e. The van der Waals surface area contributed by atoms with Crippen LogP contribution < -0.4 is 0 Å². The fraction of sp³-hybridized carbons (Fsp3) is 0.833. The molecule has 0 spiro atoms. The van der Waals surface area contributed by atoms with E-state index in [2.05, 4.69) is 20.5 Å². The molecule has 0 aromatic rings. The van der Waals surface area contributed by atoms with Crippen LogP contribution in [0.1, 0.15) is 12.8 Å². The van der Waals surface area contributed by atoms with Gasteiger partial charge in [0.1, 0.15) is 0 Å². The van der Waals surface area contributed by atoms with Crippen molar-refractivity contribution in [3.8, 4) is 0 Å². The zero-order valence-electron chi connectivity index (χ0n) is 23.1. The summed E-state index contributed by atoms with van der Waals surface area (Å²) in [4.78, 5) is 52.6. The van der Waals surface area contributed by atoms with Crippen LogP contribution in [0.5, 0.6) is 0 Å². The fourth-order valence-electron chi connectivity index (χ4n) is 3.58. The van der Waals surface area contributed by atoms with Gasteiger partial charge in [0.25, 0.3) is 11.8 Å². The molecule has 0 saturated carbocycles. The van der Waals surface area contributed by atoms with Gasteiger partial charge in [0.05, 0.1) is 52.9 Å². The van der Waals surface area contributed by atoms with Crippen LogP contribution in [0.2, 0.25) is 12.1 Å². The number of hydrogen-bond donors (Lipinski definition) is 2. The van der Waals surface area contributed by atoms with Crippen LogP contribution in [0.4, 0.5) is 0 Å². The Morgan fingerprint density at radius 1 is 0.600 bits per heavy atom. The average molecular weight is 605 g/mol. The molecule has 1 fully saturated rings. The third-order valence-electron chi connectivity index (χ3n) is 5.72. The Morgan fingerprint density at radius 3 is 1.18 bits per heavy atom. The third kappa shape index (κ3) is 13.2. The molecule has 1 aliphatic rings. The van der Waals surface area contributed by atoms with Crippen LogP contribution in [0.25, 0.3) is 0 Å². The van der Waals surface area contributed by atoms with E-state index in [1.54, 1.807) is 14.1 Å². The van der Waals surface area contributed by atoms with Crippen molar-refractivity contribution in [1.82, 2.24) is 9.80 Å². The van der Waals surface area contributed by atoms with Gasteiger partial charge in [0, 0.05) is 47.7 Å². The van der Waals surface area contributed by atoms with Crippen LogP contribution in [0, 0.1) is 0 Å². The van der Waals surface area contributed by atoms with E-state index in [4.69, 9.17) is 28.4 Å². The number of carbonyl (C=O) groups is 4. The van der Waals surface area contributed by atoms with Crippen molar-refractivity contribution in [3.05, 3.63) is 0 Å².